The van der Waals surface area contributed by atoms with Crippen molar-refractivity contribution in [3.8, 4) is 5.75 Å². The number of nitrogens with zero attached hydrogens (tertiary/aromatic N) is 1. The van der Waals surface area contributed by atoms with E-state index < -0.39 is 0 Å². The molecule has 0 aromatic heterocycles. The van der Waals surface area contributed by atoms with Gasteiger partial charge in [0.1, 0.15) is 5.75 Å². The van der Waals surface area contributed by atoms with E-state index in [1.165, 1.54) is 0 Å². The number of hydrogen-bond donors (Lipinski definition) is 1. The number of hydrogen-bond acceptors (Lipinski definition) is 3. The first-order valence-electron chi connectivity index (χ1n) is 9.21. The molecule has 2 aromatic carbocycles. The van der Waals surface area contributed by atoms with E-state index in [0.717, 1.165) is 27.9 Å². The zero-order valence-corrected chi connectivity index (χ0v) is 18.6. The third-order valence-corrected chi connectivity index (χ3v) is 5.80. The summed E-state index contributed by atoms with van der Waals surface area (Å²) >= 11 is 9.08. The Labute approximate surface area is 179 Å². The van der Waals surface area contributed by atoms with Gasteiger partial charge in [-0.15, -0.1) is 0 Å². The summed E-state index contributed by atoms with van der Waals surface area (Å²) in [7, 11) is 1.87. The molecule has 2 aromatic rings. The molecule has 0 bridgehead atoms. The van der Waals surface area contributed by atoms with E-state index >= 15 is 0 Å². The third-order valence-electron chi connectivity index (χ3n) is 4.79. The summed E-state index contributed by atoms with van der Waals surface area (Å²) in [5, 5.41) is 3.91. The number of carbonyl (C=O) groups excluding carboxylic acids is 1. The average Bonchev–Trinajstić information content (AvgIpc) is 2.71. The molecule has 6 heteroatoms. The number of allylic oxidation sites excluding steroid dienone is 1. The van der Waals surface area contributed by atoms with Crippen LogP contribution in [0, 0.1) is 0 Å². The van der Waals surface area contributed by atoms with Crippen LogP contribution in [0.3, 0.4) is 0 Å². The Hall–Kier alpha value is -2.18. The molecule has 1 aliphatic rings. The Bertz CT molecular complexity index is 927. The fraction of sp³-hybridized carbons (Fsp3) is 0.273. The van der Waals surface area contributed by atoms with Crippen LogP contribution < -0.4 is 10.1 Å². The number of carbonyl (C=O) groups is 1. The van der Waals surface area contributed by atoms with Crippen molar-refractivity contribution in [2.24, 2.45) is 0 Å². The molecule has 0 amide bonds. The molecule has 1 atom stereocenters. The number of Topliss-reactive ketones (excluding diaryl/α,β-unsaturated/α-hetero) is 1. The lowest BCUT2D eigenvalue weighted by Crippen LogP contribution is -2.45. The highest BCUT2D eigenvalue weighted by molar-refractivity contribution is 9.10. The maximum absolute atomic E-state index is 13.3. The number of halogens is 1. The minimum atomic E-state index is -0.326. The summed E-state index contributed by atoms with van der Waals surface area (Å²) in [6.07, 6.45) is 0.941. The van der Waals surface area contributed by atoms with E-state index in [-0.39, 0.29) is 11.8 Å². The number of benzene rings is 2. The van der Waals surface area contributed by atoms with Crippen molar-refractivity contribution in [1.29, 1.82) is 0 Å². The molecule has 0 fully saturated rings. The van der Waals surface area contributed by atoms with Gasteiger partial charge >= 0.3 is 0 Å². The van der Waals surface area contributed by atoms with Gasteiger partial charge in [-0.3, -0.25) is 4.79 Å². The van der Waals surface area contributed by atoms with E-state index in [1.807, 2.05) is 67.4 Å². The normalized spacial score (nSPS) is 16.8. The van der Waals surface area contributed by atoms with E-state index in [0.29, 0.717) is 22.9 Å². The molecular weight excluding hydrogens is 436 g/mol. The van der Waals surface area contributed by atoms with Crippen molar-refractivity contribution in [3.05, 3.63) is 75.4 Å². The smallest absolute Gasteiger partial charge is 0.193 e. The van der Waals surface area contributed by atoms with Crippen LogP contribution in [-0.4, -0.2) is 29.5 Å². The zero-order chi connectivity index (χ0) is 20.3. The standard InChI is InChI=1S/C22H23BrN2O2S/c1-4-12-27-18-11-10-16(13-17(18)23)20-19(14(2)25(3)22(28)24-20)21(26)15-8-6-5-7-9-15/h5-11,13,20H,4,12H2,1-3H3,(H,24,28). The summed E-state index contributed by atoms with van der Waals surface area (Å²) in [5.41, 5.74) is 3.15. The monoisotopic (exact) mass is 458 g/mol. The highest BCUT2D eigenvalue weighted by atomic mass is 79.9. The molecule has 0 aliphatic carbocycles. The lowest BCUT2D eigenvalue weighted by Gasteiger charge is -2.36. The number of thiocarbonyl (C=S) groups is 1. The maximum atomic E-state index is 13.3. The first-order chi connectivity index (χ1) is 13.4. The lowest BCUT2D eigenvalue weighted by molar-refractivity contribution is 0.102. The average molecular weight is 459 g/mol. The minimum absolute atomic E-state index is 0.00705. The second-order valence-corrected chi connectivity index (χ2v) is 7.92. The fourth-order valence-electron chi connectivity index (χ4n) is 3.15. The Morgan fingerprint density at radius 1 is 1.25 bits per heavy atom. The van der Waals surface area contributed by atoms with Crippen molar-refractivity contribution in [2.45, 2.75) is 26.3 Å². The maximum Gasteiger partial charge on any atom is 0.193 e. The van der Waals surface area contributed by atoms with Gasteiger partial charge in [0, 0.05) is 23.9 Å². The molecule has 1 N–H and O–H groups in total. The molecule has 1 heterocycles. The van der Waals surface area contributed by atoms with Crippen molar-refractivity contribution >= 4 is 39.0 Å². The zero-order valence-electron chi connectivity index (χ0n) is 16.2. The van der Waals surface area contributed by atoms with Gasteiger partial charge in [0.05, 0.1) is 17.1 Å². The van der Waals surface area contributed by atoms with Gasteiger partial charge in [0.15, 0.2) is 10.9 Å². The molecule has 146 valence electrons. The summed E-state index contributed by atoms with van der Waals surface area (Å²) in [4.78, 5) is 15.2. The van der Waals surface area contributed by atoms with Crippen LogP contribution in [0.15, 0.2) is 64.3 Å². The van der Waals surface area contributed by atoms with Gasteiger partial charge in [0.25, 0.3) is 0 Å². The largest absolute Gasteiger partial charge is 0.492 e. The lowest BCUT2D eigenvalue weighted by atomic mass is 9.89. The van der Waals surface area contributed by atoms with Gasteiger partial charge in [-0.1, -0.05) is 43.3 Å². The van der Waals surface area contributed by atoms with Gasteiger partial charge in [-0.2, -0.15) is 0 Å². The molecule has 4 nitrogen and oxygen atoms in total. The highest BCUT2D eigenvalue weighted by Crippen LogP contribution is 2.35. The van der Waals surface area contributed by atoms with Gasteiger partial charge < -0.3 is 15.0 Å². The Morgan fingerprint density at radius 2 is 1.96 bits per heavy atom. The third kappa shape index (κ3) is 4.13. The number of nitrogens with one attached hydrogen (secondary N) is 1. The quantitative estimate of drug-likeness (QED) is 0.472. The van der Waals surface area contributed by atoms with Gasteiger partial charge in [0.2, 0.25) is 0 Å². The Kier molecular flexibility index (Phi) is 6.52. The molecule has 0 saturated heterocycles. The fourth-order valence-corrected chi connectivity index (χ4v) is 3.92. The summed E-state index contributed by atoms with van der Waals surface area (Å²) in [6.45, 7) is 4.66. The van der Waals surface area contributed by atoms with Crippen molar-refractivity contribution in [3.63, 3.8) is 0 Å². The summed E-state index contributed by atoms with van der Waals surface area (Å²) < 4.78 is 6.61. The molecule has 3 rings (SSSR count). The molecule has 1 aliphatic heterocycles. The van der Waals surface area contributed by atoms with E-state index in [9.17, 15) is 4.79 Å². The van der Waals surface area contributed by atoms with Crippen molar-refractivity contribution in [1.82, 2.24) is 10.2 Å². The Balaban J connectivity index is 2.04. The summed E-state index contributed by atoms with van der Waals surface area (Å²) in [6, 6.07) is 14.9. The molecular formula is C22H23BrN2O2S. The molecule has 1 unspecified atom stereocenters. The Morgan fingerprint density at radius 3 is 2.61 bits per heavy atom. The SMILES string of the molecule is CCCOc1ccc(C2NC(=S)N(C)C(C)=C2C(=O)c2ccccc2)cc1Br. The predicted molar refractivity (Wildman–Crippen MR) is 120 cm³/mol. The van der Waals surface area contributed by atoms with Gasteiger partial charge in [-0.05, 0) is 59.2 Å². The van der Waals surface area contributed by atoms with E-state index in [4.69, 9.17) is 17.0 Å². The molecule has 0 spiro atoms. The van der Waals surface area contributed by atoms with Crippen LogP contribution in [0.5, 0.6) is 5.75 Å². The van der Waals surface area contributed by atoms with Crippen LogP contribution in [-0.2, 0) is 0 Å². The number of ether oxygens (including phenoxy) is 1. The van der Waals surface area contributed by atoms with Crippen molar-refractivity contribution < 1.29 is 9.53 Å². The topological polar surface area (TPSA) is 41.6 Å². The summed E-state index contributed by atoms with van der Waals surface area (Å²) in [5.74, 6) is 0.783. The van der Waals surface area contributed by atoms with Crippen LogP contribution >= 0.6 is 28.1 Å². The molecule has 0 radical (unpaired) electrons. The molecule has 0 saturated carbocycles. The van der Waals surface area contributed by atoms with Crippen LogP contribution in [0.4, 0.5) is 0 Å². The first kappa shape index (κ1) is 20.6. The van der Waals surface area contributed by atoms with Crippen LogP contribution in [0.25, 0.3) is 0 Å². The van der Waals surface area contributed by atoms with E-state index in [1.54, 1.807) is 0 Å². The number of ketones is 1. The molecule has 28 heavy (non-hydrogen) atoms. The van der Waals surface area contributed by atoms with Crippen LogP contribution in [0.2, 0.25) is 0 Å². The van der Waals surface area contributed by atoms with Crippen LogP contribution in [0.1, 0.15) is 42.2 Å². The van der Waals surface area contributed by atoms with Crippen molar-refractivity contribution in [2.75, 3.05) is 13.7 Å². The number of rotatable bonds is 6. The van der Waals surface area contributed by atoms with E-state index in [2.05, 4.69) is 28.2 Å². The highest BCUT2D eigenvalue weighted by Gasteiger charge is 2.33. The predicted octanol–water partition coefficient (Wildman–Crippen LogP) is 5.26. The second kappa shape index (κ2) is 8.88. The van der Waals surface area contributed by atoms with Gasteiger partial charge in [-0.25, -0.2) is 0 Å². The second-order valence-electron chi connectivity index (χ2n) is 6.67. The first-order valence-corrected chi connectivity index (χ1v) is 10.4. The minimum Gasteiger partial charge on any atom is -0.492 e.